The van der Waals surface area contributed by atoms with Gasteiger partial charge in [0.2, 0.25) is 15.9 Å². The van der Waals surface area contributed by atoms with Gasteiger partial charge in [-0.15, -0.1) is 0 Å². The quantitative estimate of drug-likeness (QED) is 0.567. The SMILES string of the molecule is CC(=O)c1ccc(S(=O)(=O)N2CCCCC2C(=O)NC(C)c2cc3ccccc3o2)cc1. The summed E-state index contributed by atoms with van der Waals surface area (Å²) < 4.78 is 33.7. The predicted octanol–water partition coefficient (Wildman–Crippen LogP) is 4.06. The van der Waals surface area contributed by atoms with E-state index in [-0.39, 0.29) is 23.1 Å². The Morgan fingerprint density at radius 2 is 1.81 bits per heavy atom. The molecule has 32 heavy (non-hydrogen) atoms. The minimum atomic E-state index is -3.88. The van der Waals surface area contributed by atoms with Gasteiger partial charge in [-0.3, -0.25) is 9.59 Å². The maximum absolute atomic E-state index is 13.3. The molecule has 1 fully saturated rings. The van der Waals surface area contributed by atoms with Crippen LogP contribution in [0.5, 0.6) is 0 Å². The van der Waals surface area contributed by atoms with Crippen molar-refractivity contribution in [3.63, 3.8) is 0 Å². The Hall–Kier alpha value is -2.97. The third-order valence-electron chi connectivity index (χ3n) is 5.85. The molecular weight excluding hydrogens is 428 g/mol. The second-order valence-corrected chi connectivity index (χ2v) is 10.0. The number of amides is 1. The number of carbonyl (C=O) groups excluding carboxylic acids is 2. The highest BCUT2D eigenvalue weighted by Crippen LogP contribution is 2.28. The van der Waals surface area contributed by atoms with Crippen molar-refractivity contribution in [3.05, 3.63) is 65.9 Å². The molecule has 1 saturated heterocycles. The van der Waals surface area contributed by atoms with Crippen LogP contribution >= 0.6 is 0 Å². The van der Waals surface area contributed by atoms with Crippen molar-refractivity contribution in [2.45, 2.75) is 50.1 Å². The van der Waals surface area contributed by atoms with Crippen LogP contribution in [0.15, 0.2) is 63.9 Å². The van der Waals surface area contributed by atoms with Gasteiger partial charge in [-0.1, -0.05) is 36.8 Å². The van der Waals surface area contributed by atoms with E-state index in [1.54, 1.807) is 0 Å². The Bertz CT molecular complexity index is 1210. The lowest BCUT2D eigenvalue weighted by Gasteiger charge is -2.34. The lowest BCUT2D eigenvalue weighted by molar-refractivity contribution is -0.126. The van der Waals surface area contributed by atoms with Crippen LogP contribution < -0.4 is 5.32 Å². The molecule has 2 heterocycles. The highest BCUT2D eigenvalue weighted by Gasteiger charge is 2.38. The molecule has 1 aliphatic heterocycles. The van der Waals surface area contributed by atoms with Crippen LogP contribution in [0.1, 0.15) is 55.3 Å². The van der Waals surface area contributed by atoms with E-state index in [4.69, 9.17) is 4.42 Å². The number of para-hydroxylation sites is 1. The number of piperidine rings is 1. The van der Waals surface area contributed by atoms with Gasteiger partial charge in [-0.25, -0.2) is 8.42 Å². The molecule has 7 nitrogen and oxygen atoms in total. The Morgan fingerprint density at radius 3 is 2.50 bits per heavy atom. The maximum Gasteiger partial charge on any atom is 0.243 e. The highest BCUT2D eigenvalue weighted by atomic mass is 32.2. The van der Waals surface area contributed by atoms with E-state index in [9.17, 15) is 18.0 Å². The lowest BCUT2D eigenvalue weighted by atomic mass is 10.0. The number of fused-ring (bicyclic) bond motifs is 1. The summed E-state index contributed by atoms with van der Waals surface area (Å²) in [5.74, 6) is 0.134. The van der Waals surface area contributed by atoms with Crippen LogP contribution in [0.4, 0.5) is 0 Å². The Balaban J connectivity index is 1.54. The predicted molar refractivity (Wildman–Crippen MR) is 121 cm³/mol. The standard InChI is InChI=1S/C24H26N2O5S/c1-16(23-15-19-7-3-4-9-22(19)31-23)25-24(28)21-8-5-6-14-26(21)32(29,30)20-12-10-18(11-13-20)17(2)27/h3-4,7,9-13,15-16,21H,5-6,8,14H2,1-2H3,(H,25,28). The van der Waals surface area contributed by atoms with Crippen molar-refractivity contribution in [2.24, 2.45) is 0 Å². The number of Topliss-reactive ketones (excluding diaryl/α,β-unsaturated/α-hetero) is 1. The number of nitrogens with zero attached hydrogens (tertiary/aromatic N) is 1. The molecule has 2 aromatic carbocycles. The molecule has 168 valence electrons. The van der Waals surface area contributed by atoms with E-state index in [2.05, 4.69) is 5.32 Å². The fourth-order valence-electron chi connectivity index (χ4n) is 4.05. The van der Waals surface area contributed by atoms with Crippen LogP contribution in [-0.4, -0.2) is 37.0 Å². The summed E-state index contributed by atoms with van der Waals surface area (Å²) in [5.41, 5.74) is 1.18. The second kappa shape index (κ2) is 8.88. The van der Waals surface area contributed by atoms with Gasteiger partial charge in [0.1, 0.15) is 17.4 Å². The summed E-state index contributed by atoms with van der Waals surface area (Å²) in [6, 6.07) is 14.1. The number of ketones is 1. The molecule has 0 saturated carbocycles. The Labute approximate surface area is 187 Å². The first-order chi connectivity index (χ1) is 15.3. The topological polar surface area (TPSA) is 96.7 Å². The van der Waals surface area contributed by atoms with Crippen molar-refractivity contribution in [1.82, 2.24) is 9.62 Å². The van der Waals surface area contributed by atoms with Gasteiger partial charge in [-0.05, 0) is 51.0 Å². The molecule has 8 heteroatoms. The zero-order chi connectivity index (χ0) is 22.9. The lowest BCUT2D eigenvalue weighted by Crippen LogP contribution is -2.52. The van der Waals surface area contributed by atoms with Gasteiger partial charge in [0.15, 0.2) is 5.78 Å². The average Bonchev–Trinajstić information content (AvgIpc) is 3.23. The second-order valence-electron chi connectivity index (χ2n) is 8.12. The summed E-state index contributed by atoms with van der Waals surface area (Å²) in [6.07, 6.45) is 1.91. The molecule has 0 bridgehead atoms. The monoisotopic (exact) mass is 454 g/mol. The number of benzene rings is 2. The van der Waals surface area contributed by atoms with E-state index in [1.807, 2.05) is 37.3 Å². The average molecular weight is 455 g/mol. The van der Waals surface area contributed by atoms with Gasteiger partial charge in [0.05, 0.1) is 10.9 Å². The summed E-state index contributed by atoms with van der Waals surface area (Å²) in [6.45, 7) is 3.52. The molecule has 0 aliphatic carbocycles. The minimum Gasteiger partial charge on any atom is -0.459 e. The minimum absolute atomic E-state index is 0.0764. The molecule has 0 radical (unpaired) electrons. The van der Waals surface area contributed by atoms with Gasteiger partial charge in [0, 0.05) is 17.5 Å². The van der Waals surface area contributed by atoms with Crippen LogP contribution in [-0.2, 0) is 14.8 Å². The van der Waals surface area contributed by atoms with E-state index in [0.29, 0.717) is 24.2 Å². The van der Waals surface area contributed by atoms with Crippen molar-refractivity contribution in [2.75, 3.05) is 6.54 Å². The smallest absolute Gasteiger partial charge is 0.243 e. The number of carbonyl (C=O) groups is 2. The summed E-state index contributed by atoms with van der Waals surface area (Å²) >= 11 is 0. The van der Waals surface area contributed by atoms with E-state index in [0.717, 1.165) is 17.4 Å². The maximum atomic E-state index is 13.3. The molecule has 2 unspecified atom stereocenters. The zero-order valence-corrected chi connectivity index (χ0v) is 18.9. The normalized spacial score (nSPS) is 18.4. The largest absolute Gasteiger partial charge is 0.459 e. The van der Waals surface area contributed by atoms with E-state index < -0.39 is 22.1 Å². The fourth-order valence-corrected chi connectivity index (χ4v) is 5.70. The fraction of sp³-hybridized carbons (Fsp3) is 0.333. The number of sulfonamides is 1. The van der Waals surface area contributed by atoms with Gasteiger partial charge < -0.3 is 9.73 Å². The molecule has 0 spiro atoms. The molecule has 3 aromatic rings. The molecule has 4 rings (SSSR count). The number of hydrogen-bond acceptors (Lipinski definition) is 5. The van der Waals surface area contributed by atoms with Crippen LogP contribution in [0, 0.1) is 0 Å². The first-order valence-electron chi connectivity index (χ1n) is 10.7. The first kappa shape index (κ1) is 22.2. The van der Waals surface area contributed by atoms with Crippen LogP contribution in [0.3, 0.4) is 0 Å². The number of furan rings is 1. The van der Waals surface area contributed by atoms with Crippen molar-refractivity contribution >= 4 is 32.7 Å². The molecule has 1 amide bonds. The molecule has 1 N–H and O–H groups in total. The molecule has 2 atom stereocenters. The molecule has 1 aliphatic rings. The third kappa shape index (κ3) is 4.33. The zero-order valence-electron chi connectivity index (χ0n) is 18.1. The van der Waals surface area contributed by atoms with E-state index >= 15 is 0 Å². The summed E-state index contributed by atoms with van der Waals surface area (Å²) in [5, 5.41) is 3.86. The van der Waals surface area contributed by atoms with Gasteiger partial charge in [-0.2, -0.15) is 4.31 Å². The first-order valence-corrected chi connectivity index (χ1v) is 12.1. The number of hydrogen-bond donors (Lipinski definition) is 1. The summed E-state index contributed by atoms with van der Waals surface area (Å²) in [4.78, 5) is 24.7. The van der Waals surface area contributed by atoms with E-state index in [1.165, 1.54) is 35.5 Å². The van der Waals surface area contributed by atoms with Crippen LogP contribution in [0.25, 0.3) is 11.0 Å². The molecule has 1 aromatic heterocycles. The Morgan fingerprint density at radius 1 is 1.09 bits per heavy atom. The highest BCUT2D eigenvalue weighted by molar-refractivity contribution is 7.89. The van der Waals surface area contributed by atoms with Crippen molar-refractivity contribution in [1.29, 1.82) is 0 Å². The van der Waals surface area contributed by atoms with Crippen molar-refractivity contribution < 1.29 is 22.4 Å². The van der Waals surface area contributed by atoms with Crippen molar-refractivity contribution in [3.8, 4) is 0 Å². The third-order valence-corrected chi connectivity index (χ3v) is 7.78. The van der Waals surface area contributed by atoms with Gasteiger partial charge in [0.25, 0.3) is 0 Å². The Kier molecular flexibility index (Phi) is 6.17. The number of rotatable bonds is 6. The summed E-state index contributed by atoms with van der Waals surface area (Å²) in [7, 11) is -3.88. The van der Waals surface area contributed by atoms with Crippen LogP contribution in [0.2, 0.25) is 0 Å². The molecular formula is C24H26N2O5S. The van der Waals surface area contributed by atoms with Gasteiger partial charge >= 0.3 is 0 Å². The number of nitrogens with one attached hydrogen (secondary N) is 1.